The van der Waals surface area contributed by atoms with Crippen LogP contribution in [-0.2, 0) is 0 Å². The van der Waals surface area contributed by atoms with E-state index in [2.05, 4.69) is 15.1 Å². The maximum atomic E-state index is 11.3. The highest BCUT2D eigenvalue weighted by Crippen LogP contribution is 2.25. The number of anilines is 1. The molecule has 2 heterocycles. The number of rotatable bonds is 2. The first-order valence-electron chi connectivity index (χ1n) is 5.40. The van der Waals surface area contributed by atoms with Gasteiger partial charge in [-0.2, -0.15) is 5.10 Å². The van der Waals surface area contributed by atoms with Crippen LogP contribution in [0.2, 0.25) is 5.02 Å². The van der Waals surface area contributed by atoms with Crippen molar-refractivity contribution in [2.45, 2.75) is 12.8 Å². The van der Waals surface area contributed by atoms with Gasteiger partial charge < -0.3 is 10.6 Å². The number of nitrogens with one attached hydrogen (secondary N) is 1. The molecule has 0 amide bonds. The second-order valence-corrected chi connectivity index (χ2v) is 4.47. The first kappa shape index (κ1) is 11.4. The number of H-pyrrole nitrogens is 1. The minimum Gasteiger partial charge on any atom is -0.369 e. The van der Waals surface area contributed by atoms with E-state index >= 15 is 0 Å². The number of aromatic amines is 1. The molecule has 0 saturated carbocycles. The summed E-state index contributed by atoms with van der Waals surface area (Å²) in [5.41, 5.74) is 6.04. The highest BCUT2D eigenvalue weighted by atomic mass is 35.5. The monoisotopic (exact) mass is 242 g/mol. The predicted octanol–water partition coefficient (Wildman–Crippen LogP) is 0.598. The van der Waals surface area contributed by atoms with E-state index in [0.717, 1.165) is 25.9 Å². The molecule has 0 unspecified atom stereocenters. The largest absolute Gasteiger partial charge is 0.369 e. The molecule has 1 saturated heterocycles. The summed E-state index contributed by atoms with van der Waals surface area (Å²) in [7, 11) is 0. The summed E-state index contributed by atoms with van der Waals surface area (Å²) in [5.74, 6) is 0.476. The predicted molar refractivity (Wildman–Crippen MR) is 63.9 cm³/mol. The molecule has 0 radical (unpaired) electrons. The Kier molecular flexibility index (Phi) is 3.46. The minimum absolute atomic E-state index is 0.215. The van der Waals surface area contributed by atoms with Crippen LogP contribution in [0.15, 0.2) is 11.0 Å². The van der Waals surface area contributed by atoms with Gasteiger partial charge in [0, 0.05) is 13.1 Å². The smallest absolute Gasteiger partial charge is 0.285 e. The standard InChI is InChI=1S/C10H15ClN4O/c11-9-8(5-13-14-10(9)16)15-3-1-2-7(4-12)6-15/h5,7H,1-4,6,12H2,(H,14,16)/t7-/m1/s1. The van der Waals surface area contributed by atoms with Crippen LogP contribution >= 0.6 is 11.6 Å². The van der Waals surface area contributed by atoms with E-state index in [4.69, 9.17) is 17.3 Å². The van der Waals surface area contributed by atoms with Gasteiger partial charge in [-0.15, -0.1) is 0 Å². The summed E-state index contributed by atoms with van der Waals surface area (Å²) >= 11 is 5.96. The van der Waals surface area contributed by atoms with E-state index in [1.807, 2.05) is 0 Å². The van der Waals surface area contributed by atoms with Gasteiger partial charge in [-0.1, -0.05) is 11.6 Å². The minimum atomic E-state index is -0.339. The summed E-state index contributed by atoms with van der Waals surface area (Å²) < 4.78 is 0. The van der Waals surface area contributed by atoms with E-state index in [1.54, 1.807) is 6.20 Å². The summed E-state index contributed by atoms with van der Waals surface area (Å²) in [6, 6.07) is 0. The van der Waals surface area contributed by atoms with E-state index in [-0.39, 0.29) is 10.6 Å². The molecule has 16 heavy (non-hydrogen) atoms. The third-order valence-electron chi connectivity index (χ3n) is 2.97. The van der Waals surface area contributed by atoms with Crippen molar-refractivity contribution in [1.82, 2.24) is 10.2 Å². The lowest BCUT2D eigenvalue weighted by Crippen LogP contribution is -2.39. The van der Waals surface area contributed by atoms with Crippen LogP contribution in [0.25, 0.3) is 0 Å². The second kappa shape index (κ2) is 4.84. The van der Waals surface area contributed by atoms with Crippen LogP contribution in [0.4, 0.5) is 5.69 Å². The van der Waals surface area contributed by atoms with Crippen LogP contribution in [-0.4, -0.2) is 29.8 Å². The maximum absolute atomic E-state index is 11.3. The SMILES string of the molecule is NC[C@H]1CCCN(c2cn[nH]c(=O)c2Cl)C1. The number of halogens is 1. The molecule has 1 aromatic rings. The highest BCUT2D eigenvalue weighted by Gasteiger charge is 2.21. The first-order valence-corrected chi connectivity index (χ1v) is 5.78. The van der Waals surface area contributed by atoms with Crippen molar-refractivity contribution in [1.29, 1.82) is 0 Å². The fourth-order valence-electron chi connectivity index (χ4n) is 2.07. The number of hydrogen-bond acceptors (Lipinski definition) is 4. The average Bonchev–Trinajstić information content (AvgIpc) is 2.33. The van der Waals surface area contributed by atoms with E-state index in [9.17, 15) is 4.79 Å². The summed E-state index contributed by atoms with van der Waals surface area (Å²) in [5, 5.41) is 6.31. The Bertz CT molecular complexity index is 420. The lowest BCUT2D eigenvalue weighted by atomic mass is 9.98. The maximum Gasteiger partial charge on any atom is 0.285 e. The van der Waals surface area contributed by atoms with Crippen molar-refractivity contribution < 1.29 is 0 Å². The van der Waals surface area contributed by atoms with Crippen LogP contribution in [0, 0.1) is 5.92 Å². The second-order valence-electron chi connectivity index (χ2n) is 4.09. The molecule has 1 fully saturated rings. The molecule has 88 valence electrons. The number of aromatic nitrogens is 2. The Balaban J connectivity index is 2.23. The lowest BCUT2D eigenvalue weighted by molar-refractivity contribution is 0.423. The van der Waals surface area contributed by atoms with Gasteiger partial charge in [0.15, 0.2) is 0 Å². The Hall–Kier alpha value is -1.07. The summed E-state index contributed by atoms with van der Waals surface area (Å²) in [6.07, 6.45) is 3.81. The molecule has 0 bridgehead atoms. The topological polar surface area (TPSA) is 75.0 Å². The van der Waals surface area contributed by atoms with E-state index in [0.29, 0.717) is 18.2 Å². The zero-order chi connectivity index (χ0) is 11.5. The van der Waals surface area contributed by atoms with Gasteiger partial charge in [-0.25, -0.2) is 5.10 Å². The Morgan fingerprint density at radius 2 is 2.50 bits per heavy atom. The fraction of sp³-hybridized carbons (Fsp3) is 0.600. The van der Waals surface area contributed by atoms with Gasteiger partial charge in [-0.3, -0.25) is 4.79 Å². The molecule has 5 nitrogen and oxygen atoms in total. The number of hydrogen-bond donors (Lipinski definition) is 2. The molecule has 1 aromatic heterocycles. The Labute approximate surface area is 98.6 Å². The van der Waals surface area contributed by atoms with Crippen molar-refractivity contribution >= 4 is 17.3 Å². The molecule has 1 atom stereocenters. The Morgan fingerprint density at radius 1 is 1.69 bits per heavy atom. The molecular weight excluding hydrogens is 228 g/mol. The van der Waals surface area contributed by atoms with Gasteiger partial charge in [0.05, 0.1) is 11.9 Å². The van der Waals surface area contributed by atoms with Gasteiger partial charge >= 0.3 is 0 Å². The molecule has 1 aliphatic rings. The lowest BCUT2D eigenvalue weighted by Gasteiger charge is -2.33. The molecule has 0 aromatic carbocycles. The molecule has 6 heteroatoms. The van der Waals surface area contributed by atoms with Gasteiger partial charge in [0.2, 0.25) is 0 Å². The summed E-state index contributed by atoms with van der Waals surface area (Å²) in [4.78, 5) is 13.4. The van der Waals surface area contributed by atoms with Crippen molar-refractivity contribution in [2.75, 3.05) is 24.5 Å². The summed E-state index contributed by atoms with van der Waals surface area (Å²) in [6.45, 7) is 2.42. The first-order chi connectivity index (χ1) is 7.72. The third-order valence-corrected chi connectivity index (χ3v) is 3.34. The van der Waals surface area contributed by atoms with E-state index in [1.165, 1.54) is 0 Å². The average molecular weight is 243 g/mol. The molecule has 2 rings (SSSR count). The van der Waals surface area contributed by atoms with Crippen molar-refractivity contribution in [3.63, 3.8) is 0 Å². The van der Waals surface area contributed by atoms with E-state index < -0.39 is 0 Å². The number of nitrogens with two attached hydrogens (primary N) is 1. The van der Waals surface area contributed by atoms with Crippen molar-refractivity contribution in [3.8, 4) is 0 Å². The zero-order valence-electron chi connectivity index (χ0n) is 8.95. The van der Waals surface area contributed by atoms with Crippen molar-refractivity contribution in [2.24, 2.45) is 11.7 Å². The van der Waals surface area contributed by atoms with Gasteiger partial charge in [-0.05, 0) is 25.3 Å². The quantitative estimate of drug-likeness (QED) is 0.797. The Morgan fingerprint density at radius 3 is 3.25 bits per heavy atom. The van der Waals surface area contributed by atoms with Crippen LogP contribution < -0.4 is 16.2 Å². The highest BCUT2D eigenvalue weighted by molar-refractivity contribution is 6.32. The normalized spacial score (nSPS) is 21.1. The number of nitrogens with zero attached hydrogens (tertiary/aromatic N) is 2. The van der Waals surface area contributed by atoms with Crippen molar-refractivity contribution in [3.05, 3.63) is 21.6 Å². The van der Waals surface area contributed by atoms with Gasteiger partial charge in [0.1, 0.15) is 5.02 Å². The molecule has 1 aliphatic heterocycles. The molecule has 3 N–H and O–H groups in total. The number of piperidine rings is 1. The molecule has 0 aliphatic carbocycles. The van der Waals surface area contributed by atoms with Crippen LogP contribution in [0.3, 0.4) is 0 Å². The zero-order valence-corrected chi connectivity index (χ0v) is 9.70. The van der Waals surface area contributed by atoms with Crippen LogP contribution in [0.1, 0.15) is 12.8 Å². The van der Waals surface area contributed by atoms with Crippen LogP contribution in [0.5, 0.6) is 0 Å². The van der Waals surface area contributed by atoms with Gasteiger partial charge in [0.25, 0.3) is 5.56 Å². The third kappa shape index (κ3) is 2.20. The molecule has 0 spiro atoms. The fourth-order valence-corrected chi connectivity index (χ4v) is 2.28. The molecular formula is C10H15ClN4O.